The number of halogens is 2. The van der Waals surface area contributed by atoms with Crippen LogP contribution >= 0.6 is 0 Å². The van der Waals surface area contributed by atoms with Gasteiger partial charge in [-0.15, -0.1) is 0 Å². The average molecular weight is 239 g/mol. The van der Waals surface area contributed by atoms with Crippen LogP contribution in [0.4, 0.5) is 8.78 Å². The molecule has 92 valence electrons. The first-order chi connectivity index (χ1) is 8.22. The second kappa shape index (κ2) is 4.35. The third-order valence-corrected chi connectivity index (χ3v) is 3.67. The van der Waals surface area contributed by atoms with Crippen molar-refractivity contribution in [1.82, 2.24) is 5.32 Å². The number of benzene rings is 1. The van der Waals surface area contributed by atoms with Crippen molar-refractivity contribution in [3.05, 3.63) is 35.4 Å². The largest absolute Gasteiger partial charge is 0.373 e. The van der Waals surface area contributed by atoms with Crippen molar-refractivity contribution >= 4 is 0 Å². The third kappa shape index (κ3) is 2.19. The fourth-order valence-corrected chi connectivity index (χ4v) is 2.77. The summed E-state index contributed by atoms with van der Waals surface area (Å²) in [5.74, 6) is -0.754. The fourth-order valence-electron chi connectivity index (χ4n) is 2.77. The van der Waals surface area contributed by atoms with E-state index in [0.717, 1.165) is 25.3 Å². The van der Waals surface area contributed by atoms with Gasteiger partial charge < -0.3 is 10.1 Å². The summed E-state index contributed by atoms with van der Waals surface area (Å²) in [6, 6.07) is 3.84. The van der Waals surface area contributed by atoms with E-state index in [0.29, 0.717) is 18.2 Å². The Morgan fingerprint density at radius 3 is 2.88 bits per heavy atom. The van der Waals surface area contributed by atoms with Gasteiger partial charge in [-0.25, -0.2) is 8.78 Å². The molecule has 1 aromatic carbocycles. The Kier molecular flexibility index (Phi) is 2.84. The lowest BCUT2D eigenvalue weighted by Crippen LogP contribution is -2.37. The van der Waals surface area contributed by atoms with E-state index in [1.54, 1.807) is 0 Å². The molecule has 0 spiro atoms. The zero-order chi connectivity index (χ0) is 11.8. The van der Waals surface area contributed by atoms with Gasteiger partial charge in [-0.2, -0.15) is 0 Å². The Bertz CT molecular complexity index is 424. The van der Waals surface area contributed by atoms with Crippen LogP contribution in [0.5, 0.6) is 0 Å². The Balaban J connectivity index is 1.62. The molecule has 0 amide bonds. The highest BCUT2D eigenvalue weighted by Crippen LogP contribution is 2.34. The van der Waals surface area contributed by atoms with Crippen LogP contribution in [0.1, 0.15) is 24.8 Å². The smallest absolute Gasteiger partial charge is 0.127 e. The number of fused-ring (bicyclic) bond motifs is 2. The molecule has 3 rings (SSSR count). The summed E-state index contributed by atoms with van der Waals surface area (Å²) in [5, 5.41) is 3.27. The predicted molar refractivity (Wildman–Crippen MR) is 59.5 cm³/mol. The SMILES string of the molecule is Fc1ccc(F)c(CNC2CC3CCC2O3)c1. The Labute approximate surface area is 99.0 Å². The van der Waals surface area contributed by atoms with Crippen molar-refractivity contribution in [3.8, 4) is 0 Å². The van der Waals surface area contributed by atoms with E-state index in [1.807, 2.05) is 0 Å². The monoisotopic (exact) mass is 239 g/mol. The number of nitrogens with one attached hydrogen (secondary N) is 1. The van der Waals surface area contributed by atoms with Crippen molar-refractivity contribution in [2.45, 2.75) is 44.1 Å². The number of hydrogen-bond donors (Lipinski definition) is 1. The lowest BCUT2D eigenvalue weighted by molar-refractivity contribution is 0.0972. The fraction of sp³-hybridized carbons (Fsp3) is 0.538. The van der Waals surface area contributed by atoms with Gasteiger partial charge in [0.1, 0.15) is 11.6 Å². The average Bonchev–Trinajstić information content (AvgIpc) is 2.92. The van der Waals surface area contributed by atoms with Crippen molar-refractivity contribution in [1.29, 1.82) is 0 Å². The quantitative estimate of drug-likeness (QED) is 0.874. The van der Waals surface area contributed by atoms with Crippen LogP contribution < -0.4 is 5.32 Å². The first kappa shape index (κ1) is 11.1. The molecule has 2 nitrogen and oxygen atoms in total. The van der Waals surface area contributed by atoms with E-state index in [-0.39, 0.29) is 18.0 Å². The molecule has 3 atom stereocenters. The van der Waals surface area contributed by atoms with E-state index < -0.39 is 5.82 Å². The summed E-state index contributed by atoms with van der Waals surface area (Å²) in [4.78, 5) is 0. The molecule has 2 heterocycles. The first-order valence-electron chi connectivity index (χ1n) is 6.05. The molecule has 2 bridgehead atoms. The number of hydrogen-bond acceptors (Lipinski definition) is 2. The van der Waals surface area contributed by atoms with Gasteiger partial charge in [0.25, 0.3) is 0 Å². The molecule has 1 N–H and O–H groups in total. The maximum Gasteiger partial charge on any atom is 0.127 e. The van der Waals surface area contributed by atoms with E-state index in [9.17, 15) is 8.78 Å². The summed E-state index contributed by atoms with van der Waals surface area (Å²) in [7, 11) is 0. The van der Waals surface area contributed by atoms with Gasteiger partial charge >= 0.3 is 0 Å². The third-order valence-electron chi connectivity index (χ3n) is 3.67. The van der Waals surface area contributed by atoms with Gasteiger partial charge in [0, 0.05) is 18.2 Å². The minimum absolute atomic E-state index is 0.261. The van der Waals surface area contributed by atoms with Crippen molar-refractivity contribution in [3.63, 3.8) is 0 Å². The predicted octanol–water partition coefficient (Wildman–Crippen LogP) is 2.37. The molecule has 17 heavy (non-hydrogen) atoms. The van der Waals surface area contributed by atoms with E-state index >= 15 is 0 Å². The van der Waals surface area contributed by atoms with E-state index in [4.69, 9.17) is 4.74 Å². The zero-order valence-corrected chi connectivity index (χ0v) is 9.46. The molecule has 2 fully saturated rings. The van der Waals surface area contributed by atoms with Crippen LogP contribution in [0.25, 0.3) is 0 Å². The van der Waals surface area contributed by atoms with Gasteiger partial charge in [-0.05, 0) is 37.5 Å². The minimum atomic E-state index is -0.396. The van der Waals surface area contributed by atoms with Gasteiger partial charge in [0.05, 0.1) is 12.2 Å². The van der Waals surface area contributed by atoms with Crippen molar-refractivity contribution in [2.75, 3.05) is 0 Å². The Morgan fingerprint density at radius 2 is 2.18 bits per heavy atom. The van der Waals surface area contributed by atoms with Crippen molar-refractivity contribution in [2.24, 2.45) is 0 Å². The zero-order valence-electron chi connectivity index (χ0n) is 9.46. The van der Waals surface area contributed by atoms with Crippen molar-refractivity contribution < 1.29 is 13.5 Å². The second-order valence-electron chi connectivity index (χ2n) is 4.83. The summed E-state index contributed by atoms with van der Waals surface area (Å²) < 4.78 is 32.1. The standard InChI is InChI=1S/C13H15F2NO/c14-9-1-3-11(15)8(5-9)7-16-12-6-10-2-4-13(12)17-10/h1,3,5,10,12-13,16H,2,4,6-7H2. The van der Waals surface area contributed by atoms with Gasteiger partial charge in [-0.3, -0.25) is 0 Å². The van der Waals surface area contributed by atoms with E-state index in [1.165, 1.54) is 12.1 Å². The van der Waals surface area contributed by atoms with E-state index in [2.05, 4.69) is 5.32 Å². The number of rotatable bonds is 3. The molecule has 0 aliphatic carbocycles. The van der Waals surface area contributed by atoms with Gasteiger partial charge in [0.15, 0.2) is 0 Å². The molecule has 0 aromatic heterocycles. The molecule has 2 aliphatic rings. The van der Waals surface area contributed by atoms with Crippen LogP contribution in [0.2, 0.25) is 0 Å². The van der Waals surface area contributed by atoms with Crippen LogP contribution in [0.3, 0.4) is 0 Å². The summed E-state index contributed by atoms with van der Waals surface area (Å²) in [6.07, 6.45) is 3.83. The summed E-state index contributed by atoms with van der Waals surface area (Å²) >= 11 is 0. The van der Waals surface area contributed by atoms with Gasteiger partial charge in [0.2, 0.25) is 0 Å². The Morgan fingerprint density at radius 1 is 1.29 bits per heavy atom. The van der Waals surface area contributed by atoms with Crippen LogP contribution in [0.15, 0.2) is 18.2 Å². The molecule has 1 aromatic rings. The van der Waals surface area contributed by atoms with Crippen LogP contribution in [-0.4, -0.2) is 18.2 Å². The molecular formula is C13H15F2NO. The maximum absolute atomic E-state index is 13.4. The molecule has 0 radical (unpaired) electrons. The van der Waals surface area contributed by atoms with Crippen LogP contribution in [-0.2, 0) is 11.3 Å². The first-order valence-corrected chi connectivity index (χ1v) is 6.05. The maximum atomic E-state index is 13.4. The molecule has 0 saturated carbocycles. The lowest BCUT2D eigenvalue weighted by atomic mass is 9.95. The summed E-state index contributed by atoms with van der Waals surface area (Å²) in [6.45, 7) is 0.362. The highest BCUT2D eigenvalue weighted by atomic mass is 19.1. The minimum Gasteiger partial charge on any atom is -0.373 e. The molecule has 2 saturated heterocycles. The highest BCUT2D eigenvalue weighted by Gasteiger charge is 2.40. The molecule has 3 unspecified atom stereocenters. The molecule has 4 heteroatoms. The molecular weight excluding hydrogens is 224 g/mol. The second-order valence-corrected chi connectivity index (χ2v) is 4.83. The number of ether oxygens (including phenoxy) is 1. The summed E-state index contributed by atoms with van der Waals surface area (Å²) in [5.41, 5.74) is 0.382. The van der Waals surface area contributed by atoms with Crippen LogP contribution in [0, 0.1) is 11.6 Å². The Hall–Kier alpha value is -1.00. The topological polar surface area (TPSA) is 21.3 Å². The normalized spacial score (nSPS) is 31.1. The van der Waals surface area contributed by atoms with Gasteiger partial charge in [-0.1, -0.05) is 0 Å². The lowest BCUT2D eigenvalue weighted by Gasteiger charge is -2.20. The highest BCUT2D eigenvalue weighted by molar-refractivity contribution is 5.18. The molecule has 2 aliphatic heterocycles.